The van der Waals surface area contributed by atoms with Crippen molar-refractivity contribution in [3.8, 4) is 0 Å². The third kappa shape index (κ3) is 4.65. The lowest BCUT2D eigenvalue weighted by molar-refractivity contribution is -0.132. The van der Waals surface area contributed by atoms with Crippen molar-refractivity contribution in [3.05, 3.63) is 36.7 Å². The molecule has 0 unspecified atom stereocenters. The van der Waals surface area contributed by atoms with Crippen LogP contribution < -0.4 is 10.2 Å². The number of carbonyl (C=O) groups excluding carboxylic acids is 1. The van der Waals surface area contributed by atoms with Gasteiger partial charge in [0, 0.05) is 38.8 Å². The molecule has 1 fully saturated rings. The van der Waals surface area contributed by atoms with E-state index in [1.54, 1.807) is 12.4 Å². The standard InChI is InChI=1S/C18H24N6O/c1-14(2)12-18(25)24-10-8-23(9-11-24)17-6-5-16(21-22-17)20-15-4-3-7-19-13-15/h3-7,13-14H,8-12H2,1-2H3,(H,20,21). The smallest absolute Gasteiger partial charge is 0.222 e. The van der Waals surface area contributed by atoms with Crippen molar-refractivity contribution in [1.82, 2.24) is 20.1 Å². The maximum Gasteiger partial charge on any atom is 0.222 e. The van der Waals surface area contributed by atoms with Gasteiger partial charge in [-0.05, 0) is 30.2 Å². The van der Waals surface area contributed by atoms with Crippen molar-refractivity contribution in [3.63, 3.8) is 0 Å². The molecule has 1 saturated heterocycles. The third-order valence-corrected chi connectivity index (χ3v) is 4.12. The first-order chi connectivity index (χ1) is 12.1. The summed E-state index contributed by atoms with van der Waals surface area (Å²) in [6.45, 7) is 7.20. The lowest BCUT2D eigenvalue weighted by Crippen LogP contribution is -2.49. The number of carbonyl (C=O) groups is 1. The van der Waals surface area contributed by atoms with Crippen molar-refractivity contribution in [1.29, 1.82) is 0 Å². The minimum absolute atomic E-state index is 0.247. The summed E-state index contributed by atoms with van der Waals surface area (Å²) >= 11 is 0. The van der Waals surface area contributed by atoms with E-state index in [0.717, 1.165) is 37.7 Å². The molecule has 3 rings (SSSR count). The van der Waals surface area contributed by atoms with Crippen LogP contribution in [0.4, 0.5) is 17.3 Å². The molecule has 0 aliphatic carbocycles. The summed E-state index contributed by atoms with van der Waals surface area (Å²) in [6, 6.07) is 7.66. The lowest BCUT2D eigenvalue weighted by Gasteiger charge is -2.35. The molecule has 2 aromatic heterocycles. The van der Waals surface area contributed by atoms with Gasteiger partial charge in [0.2, 0.25) is 5.91 Å². The molecule has 2 aromatic rings. The van der Waals surface area contributed by atoms with Crippen LogP contribution >= 0.6 is 0 Å². The normalized spacial score (nSPS) is 14.7. The van der Waals surface area contributed by atoms with Gasteiger partial charge in [-0.3, -0.25) is 9.78 Å². The summed E-state index contributed by atoms with van der Waals surface area (Å²) in [5.74, 6) is 2.17. The predicted molar refractivity (Wildman–Crippen MR) is 97.8 cm³/mol. The number of nitrogens with one attached hydrogen (secondary N) is 1. The first kappa shape index (κ1) is 17.1. The van der Waals surface area contributed by atoms with E-state index in [1.807, 2.05) is 29.2 Å². The largest absolute Gasteiger partial charge is 0.352 e. The van der Waals surface area contributed by atoms with Crippen LogP contribution in [0.5, 0.6) is 0 Å². The van der Waals surface area contributed by atoms with Crippen molar-refractivity contribution in [2.24, 2.45) is 5.92 Å². The molecular formula is C18H24N6O. The average Bonchev–Trinajstić information content (AvgIpc) is 2.63. The summed E-state index contributed by atoms with van der Waals surface area (Å²) in [6.07, 6.45) is 4.09. The van der Waals surface area contributed by atoms with Crippen LogP contribution in [0.1, 0.15) is 20.3 Å². The zero-order valence-electron chi connectivity index (χ0n) is 14.7. The van der Waals surface area contributed by atoms with Gasteiger partial charge in [-0.2, -0.15) is 0 Å². The number of nitrogens with zero attached hydrogens (tertiary/aromatic N) is 5. The number of anilines is 3. The minimum Gasteiger partial charge on any atom is -0.352 e. The van der Waals surface area contributed by atoms with Gasteiger partial charge in [-0.15, -0.1) is 10.2 Å². The molecule has 25 heavy (non-hydrogen) atoms. The third-order valence-electron chi connectivity index (χ3n) is 4.12. The second-order valence-electron chi connectivity index (χ2n) is 6.61. The van der Waals surface area contributed by atoms with E-state index in [1.165, 1.54) is 0 Å². The average molecular weight is 340 g/mol. The fourth-order valence-corrected chi connectivity index (χ4v) is 2.81. The van der Waals surface area contributed by atoms with E-state index in [9.17, 15) is 4.79 Å². The lowest BCUT2D eigenvalue weighted by atomic mass is 10.1. The number of aromatic nitrogens is 3. The van der Waals surface area contributed by atoms with Crippen LogP contribution in [0.25, 0.3) is 0 Å². The molecule has 132 valence electrons. The molecule has 0 spiro atoms. The topological polar surface area (TPSA) is 74.2 Å². The van der Waals surface area contributed by atoms with Crippen molar-refractivity contribution >= 4 is 23.2 Å². The fourth-order valence-electron chi connectivity index (χ4n) is 2.81. The molecular weight excluding hydrogens is 316 g/mol. The Morgan fingerprint density at radius 2 is 1.96 bits per heavy atom. The van der Waals surface area contributed by atoms with Gasteiger partial charge in [0.1, 0.15) is 0 Å². The van der Waals surface area contributed by atoms with Crippen molar-refractivity contribution < 1.29 is 4.79 Å². The van der Waals surface area contributed by atoms with E-state index in [2.05, 4.69) is 39.2 Å². The summed E-state index contributed by atoms with van der Waals surface area (Å²) < 4.78 is 0. The second-order valence-corrected chi connectivity index (χ2v) is 6.61. The van der Waals surface area contributed by atoms with Gasteiger partial charge in [0.15, 0.2) is 11.6 Å². The number of piperazine rings is 1. The van der Waals surface area contributed by atoms with E-state index in [-0.39, 0.29) is 5.91 Å². The Balaban J connectivity index is 1.54. The molecule has 7 heteroatoms. The number of rotatable bonds is 5. The number of pyridine rings is 1. The maximum atomic E-state index is 12.1. The molecule has 0 saturated carbocycles. The highest BCUT2D eigenvalue weighted by atomic mass is 16.2. The Bertz CT molecular complexity index is 680. The Morgan fingerprint density at radius 3 is 2.56 bits per heavy atom. The molecule has 0 atom stereocenters. The van der Waals surface area contributed by atoms with Gasteiger partial charge in [-0.25, -0.2) is 0 Å². The van der Waals surface area contributed by atoms with Gasteiger partial charge < -0.3 is 15.1 Å². The van der Waals surface area contributed by atoms with Crippen molar-refractivity contribution in [2.45, 2.75) is 20.3 Å². The van der Waals surface area contributed by atoms with Crippen LogP contribution in [0.2, 0.25) is 0 Å². The quantitative estimate of drug-likeness (QED) is 0.900. The van der Waals surface area contributed by atoms with E-state index in [0.29, 0.717) is 18.2 Å². The highest BCUT2D eigenvalue weighted by molar-refractivity contribution is 5.76. The van der Waals surface area contributed by atoms with Crippen LogP contribution in [0.3, 0.4) is 0 Å². The zero-order chi connectivity index (χ0) is 17.6. The van der Waals surface area contributed by atoms with Crippen molar-refractivity contribution in [2.75, 3.05) is 36.4 Å². The second kappa shape index (κ2) is 7.92. The van der Waals surface area contributed by atoms with Crippen LogP contribution in [0, 0.1) is 5.92 Å². The van der Waals surface area contributed by atoms with Crippen LogP contribution in [-0.4, -0.2) is 52.2 Å². The monoisotopic (exact) mass is 340 g/mol. The Morgan fingerprint density at radius 1 is 1.16 bits per heavy atom. The fraction of sp³-hybridized carbons (Fsp3) is 0.444. The highest BCUT2D eigenvalue weighted by Crippen LogP contribution is 2.17. The predicted octanol–water partition coefficient (Wildman–Crippen LogP) is 2.31. The number of hydrogen-bond acceptors (Lipinski definition) is 6. The highest BCUT2D eigenvalue weighted by Gasteiger charge is 2.22. The van der Waals surface area contributed by atoms with Gasteiger partial charge in [0.05, 0.1) is 11.9 Å². The van der Waals surface area contributed by atoms with Gasteiger partial charge in [0.25, 0.3) is 0 Å². The summed E-state index contributed by atoms with van der Waals surface area (Å²) in [5, 5.41) is 11.7. The molecule has 1 aliphatic rings. The van der Waals surface area contributed by atoms with E-state index in [4.69, 9.17) is 0 Å². The molecule has 0 radical (unpaired) electrons. The molecule has 1 N–H and O–H groups in total. The molecule has 0 bridgehead atoms. The Hall–Kier alpha value is -2.70. The molecule has 0 aromatic carbocycles. The first-order valence-corrected chi connectivity index (χ1v) is 8.65. The summed E-state index contributed by atoms with van der Waals surface area (Å²) in [4.78, 5) is 20.3. The molecule has 7 nitrogen and oxygen atoms in total. The van der Waals surface area contributed by atoms with E-state index >= 15 is 0 Å². The minimum atomic E-state index is 0.247. The Kier molecular flexibility index (Phi) is 5.42. The van der Waals surface area contributed by atoms with Crippen LogP contribution in [0.15, 0.2) is 36.7 Å². The van der Waals surface area contributed by atoms with Gasteiger partial charge >= 0.3 is 0 Å². The summed E-state index contributed by atoms with van der Waals surface area (Å²) in [7, 11) is 0. The molecule has 3 heterocycles. The molecule has 1 amide bonds. The number of hydrogen-bond donors (Lipinski definition) is 1. The molecule has 1 aliphatic heterocycles. The maximum absolute atomic E-state index is 12.1. The SMILES string of the molecule is CC(C)CC(=O)N1CCN(c2ccc(Nc3cccnc3)nn2)CC1. The zero-order valence-corrected chi connectivity index (χ0v) is 14.7. The summed E-state index contributed by atoms with van der Waals surface area (Å²) in [5.41, 5.74) is 0.877. The Labute approximate surface area is 148 Å². The van der Waals surface area contributed by atoms with Crippen LogP contribution in [-0.2, 0) is 4.79 Å². The first-order valence-electron chi connectivity index (χ1n) is 8.65. The number of amides is 1. The van der Waals surface area contributed by atoms with E-state index < -0.39 is 0 Å². The van der Waals surface area contributed by atoms with Gasteiger partial charge in [-0.1, -0.05) is 13.8 Å².